The summed E-state index contributed by atoms with van der Waals surface area (Å²) in [6.45, 7) is 2.76. The van der Waals surface area contributed by atoms with Gasteiger partial charge in [-0.15, -0.1) is 0 Å². The van der Waals surface area contributed by atoms with E-state index in [4.69, 9.17) is 5.41 Å². The number of rotatable bonds is 1. The molecule has 6 heteroatoms. The van der Waals surface area contributed by atoms with Gasteiger partial charge in [-0.25, -0.2) is 9.18 Å². The number of urea groups is 1. The van der Waals surface area contributed by atoms with Gasteiger partial charge >= 0.3 is 6.03 Å². The van der Waals surface area contributed by atoms with Gasteiger partial charge < -0.3 is 5.32 Å². The molecule has 20 heavy (non-hydrogen) atoms. The van der Waals surface area contributed by atoms with Crippen LogP contribution in [-0.4, -0.2) is 30.0 Å². The first kappa shape index (κ1) is 13.1. The molecule has 106 valence electrons. The van der Waals surface area contributed by atoms with Gasteiger partial charge in [0.15, 0.2) is 0 Å². The van der Waals surface area contributed by atoms with Crippen LogP contribution in [0.15, 0.2) is 24.3 Å². The Morgan fingerprint density at radius 3 is 3.00 bits per heavy atom. The maximum absolute atomic E-state index is 13.5. The minimum atomic E-state index is -0.685. The van der Waals surface area contributed by atoms with Gasteiger partial charge in [0.25, 0.3) is 0 Å². The number of amides is 2. The Labute approximate surface area is 116 Å². The summed E-state index contributed by atoms with van der Waals surface area (Å²) >= 11 is 0. The van der Waals surface area contributed by atoms with Gasteiger partial charge in [-0.05, 0) is 44.5 Å². The predicted octanol–water partition coefficient (Wildman–Crippen LogP) is 1.84. The van der Waals surface area contributed by atoms with Crippen LogP contribution in [0.3, 0.4) is 0 Å². The summed E-state index contributed by atoms with van der Waals surface area (Å²) in [5.74, 6) is -0.175. The number of carbonyl (C=O) groups excluding carboxylic acids is 1. The van der Waals surface area contributed by atoms with Crippen molar-refractivity contribution < 1.29 is 9.18 Å². The zero-order valence-electron chi connectivity index (χ0n) is 11.2. The highest BCUT2D eigenvalue weighted by Crippen LogP contribution is 2.37. The molecule has 0 aromatic heterocycles. The average Bonchev–Trinajstić information content (AvgIpc) is 2.60. The molecule has 5 nitrogen and oxygen atoms in total. The molecular formula is C14H17FN4O. The van der Waals surface area contributed by atoms with Crippen LogP contribution in [0, 0.1) is 11.2 Å². The Hall–Kier alpha value is -1.95. The van der Waals surface area contributed by atoms with Gasteiger partial charge in [-0.2, -0.15) is 0 Å². The van der Waals surface area contributed by atoms with Crippen molar-refractivity contribution in [3.8, 4) is 0 Å². The van der Waals surface area contributed by atoms with Crippen molar-refractivity contribution >= 4 is 17.6 Å². The molecule has 3 N–H and O–H groups in total. The third-order valence-corrected chi connectivity index (χ3v) is 4.07. The fourth-order valence-electron chi connectivity index (χ4n) is 3.20. The molecule has 2 saturated heterocycles. The fraction of sp³-hybridized carbons (Fsp3) is 0.429. The van der Waals surface area contributed by atoms with E-state index in [1.165, 1.54) is 17.0 Å². The number of halogens is 1. The highest BCUT2D eigenvalue weighted by molar-refractivity contribution is 6.18. The van der Waals surface area contributed by atoms with Crippen LogP contribution in [0.1, 0.15) is 19.8 Å². The summed E-state index contributed by atoms with van der Waals surface area (Å²) in [6, 6.07) is 5.82. The van der Waals surface area contributed by atoms with E-state index in [2.05, 4.69) is 10.6 Å². The van der Waals surface area contributed by atoms with Gasteiger partial charge in [0.2, 0.25) is 0 Å². The van der Waals surface area contributed by atoms with Crippen molar-refractivity contribution in [2.45, 2.75) is 31.3 Å². The van der Waals surface area contributed by atoms with Crippen molar-refractivity contribution in [3.63, 3.8) is 0 Å². The largest absolute Gasteiger partial charge is 0.328 e. The van der Waals surface area contributed by atoms with E-state index < -0.39 is 5.54 Å². The molecule has 0 aliphatic carbocycles. The number of piperidine rings is 1. The van der Waals surface area contributed by atoms with Crippen LogP contribution in [0.5, 0.6) is 0 Å². The van der Waals surface area contributed by atoms with Crippen LogP contribution in [0.4, 0.5) is 14.9 Å². The standard InChI is InChI=1S/C14H17FN4O/c1-9-8-14(5-6-17-9)12(16)18-13(20)19(14)11-4-2-3-10(15)7-11/h2-4,7,9,17H,5-6,8H2,1H3,(H2,16,18,20). The van der Waals surface area contributed by atoms with Crippen LogP contribution < -0.4 is 15.5 Å². The third-order valence-electron chi connectivity index (χ3n) is 4.07. The van der Waals surface area contributed by atoms with Crippen LogP contribution in [0.2, 0.25) is 0 Å². The molecule has 1 spiro atoms. The molecular weight excluding hydrogens is 259 g/mol. The van der Waals surface area contributed by atoms with Gasteiger partial charge in [-0.1, -0.05) is 6.07 Å². The lowest BCUT2D eigenvalue weighted by Crippen LogP contribution is -2.58. The van der Waals surface area contributed by atoms with Gasteiger partial charge in [-0.3, -0.25) is 15.6 Å². The van der Waals surface area contributed by atoms with E-state index in [-0.39, 0.29) is 23.7 Å². The number of nitrogens with zero attached hydrogens (tertiary/aromatic N) is 1. The molecule has 0 radical (unpaired) electrons. The maximum atomic E-state index is 13.5. The summed E-state index contributed by atoms with van der Waals surface area (Å²) in [5.41, 5.74) is -0.186. The Morgan fingerprint density at radius 1 is 1.50 bits per heavy atom. The number of nitrogens with one attached hydrogen (secondary N) is 3. The Bertz CT molecular complexity index is 576. The fourth-order valence-corrected chi connectivity index (χ4v) is 3.20. The first-order valence-corrected chi connectivity index (χ1v) is 6.72. The molecule has 0 saturated carbocycles. The zero-order chi connectivity index (χ0) is 14.3. The lowest BCUT2D eigenvalue weighted by atomic mass is 9.83. The second-order valence-electron chi connectivity index (χ2n) is 5.46. The predicted molar refractivity (Wildman–Crippen MR) is 74.6 cm³/mol. The molecule has 2 aliphatic heterocycles. The van der Waals surface area contributed by atoms with Crippen LogP contribution in [-0.2, 0) is 0 Å². The van der Waals surface area contributed by atoms with E-state index in [1.54, 1.807) is 12.1 Å². The smallest absolute Gasteiger partial charge is 0.314 e. The molecule has 1 aromatic carbocycles. The first-order valence-electron chi connectivity index (χ1n) is 6.72. The Kier molecular flexibility index (Phi) is 2.97. The molecule has 2 amide bonds. The van der Waals surface area contributed by atoms with Gasteiger partial charge in [0.1, 0.15) is 17.2 Å². The molecule has 0 bridgehead atoms. The lowest BCUT2D eigenvalue weighted by molar-refractivity contribution is 0.246. The molecule has 2 fully saturated rings. The summed E-state index contributed by atoms with van der Waals surface area (Å²) < 4.78 is 13.5. The molecule has 3 rings (SSSR count). The molecule has 2 aliphatic rings. The van der Waals surface area contributed by atoms with Crippen LogP contribution >= 0.6 is 0 Å². The van der Waals surface area contributed by atoms with Crippen LogP contribution in [0.25, 0.3) is 0 Å². The van der Waals surface area contributed by atoms with E-state index in [1.807, 2.05) is 6.92 Å². The summed E-state index contributed by atoms with van der Waals surface area (Å²) in [7, 11) is 0. The highest BCUT2D eigenvalue weighted by atomic mass is 19.1. The monoisotopic (exact) mass is 276 g/mol. The Morgan fingerprint density at radius 2 is 2.30 bits per heavy atom. The minimum Gasteiger partial charge on any atom is -0.314 e. The lowest BCUT2D eigenvalue weighted by Gasteiger charge is -2.42. The van der Waals surface area contributed by atoms with Crippen molar-refractivity contribution in [2.24, 2.45) is 0 Å². The number of anilines is 1. The van der Waals surface area contributed by atoms with Crippen molar-refractivity contribution in [2.75, 3.05) is 11.4 Å². The SMILES string of the molecule is CC1CC2(CCN1)C(=N)NC(=O)N2c1cccc(F)c1. The Balaban J connectivity index is 2.06. The number of hydrogen-bond donors (Lipinski definition) is 3. The van der Waals surface area contributed by atoms with E-state index in [0.717, 1.165) is 6.54 Å². The van der Waals surface area contributed by atoms with E-state index in [9.17, 15) is 9.18 Å². The van der Waals surface area contributed by atoms with Gasteiger partial charge in [0.05, 0.1) is 0 Å². The second-order valence-corrected chi connectivity index (χ2v) is 5.46. The van der Waals surface area contributed by atoms with Crippen molar-refractivity contribution in [1.29, 1.82) is 5.41 Å². The van der Waals surface area contributed by atoms with E-state index >= 15 is 0 Å². The molecule has 2 unspecified atom stereocenters. The zero-order valence-corrected chi connectivity index (χ0v) is 11.2. The first-order chi connectivity index (χ1) is 9.53. The van der Waals surface area contributed by atoms with Crippen molar-refractivity contribution in [3.05, 3.63) is 30.1 Å². The van der Waals surface area contributed by atoms with E-state index in [0.29, 0.717) is 18.5 Å². The number of amidine groups is 1. The molecule has 2 atom stereocenters. The highest BCUT2D eigenvalue weighted by Gasteiger charge is 2.52. The molecule has 2 heterocycles. The summed E-state index contributed by atoms with van der Waals surface area (Å²) in [4.78, 5) is 13.7. The summed E-state index contributed by atoms with van der Waals surface area (Å²) in [5, 5.41) is 14.1. The van der Waals surface area contributed by atoms with Crippen molar-refractivity contribution in [1.82, 2.24) is 10.6 Å². The topological polar surface area (TPSA) is 68.2 Å². The number of hydrogen-bond acceptors (Lipinski definition) is 3. The summed E-state index contributed by atoms with van der Waals surface area (Å²) in [6.07, 6.45) is 1.28. The van der Waals surface area contributed by atoms with Gasteiger partial charge in [0, 0.05) is 11.7 Å². The quantitative estimate of drug-likeness (QED) is 0.732. The average molecular weight is 276 g/mol. The third kappa shape index (κ3) is 1.87. The maximum Gasteiger partial charge on any atom is 0.328 e. The number of carbonyl (C=O) groups is 1. The normalized spacial score (nSPS) is 29.9. The second kappa shape index (κ2) is 4.56. The number of benzene rings is 1. The molecule has 1 aromatic rings. The minimum absolute atomic E-state index is 0.202.